The normalized spacial score (nSPS) is 21.5. The zero-order valence-corrected chi connectivity index (χ0v) is 9.52. The van der Waals surface area contributed by atoms with E-state index in [0.717, 1.165) is 24.0 Å². The molecule has 0 unspecified atom stereocenters. The molecule has 1 atom stereocenters. The van der Waals surface area contributed by atoms with Gasteiger partial charge in [0.05, 0.1) is 0 Å². The highest BCUT2D eigenvalue weighted by atomic mass is 16.4. The molecule has 0 heterocycles. The average Bonchev–Trinajstić information content (AvgIpc) is 3.06. The Labute approximate surface area is 101 Å². The first-order valence-electron chi connectivity index (χ1n) is 5.66. The Balaban J connectivity index is 2.13. The van der Waals surface area contributed by atoms with Gasteiger partial charge in [-0.15, -0.1) is 12.3 Å². The molecule has 0 saturated carbocycles. The number of carboxylic acid groups (broad SMARTS) is 1. The van der Waals surface area contributed by atoms with Crippen molar-refractivity contribution in [1.82, 2.24) is 0 Å². The van der Waals surface area contributed by atoms with E-state index in [0.29, 0.717) is 6.42 Å². The largest absolute Gasteiger partial charge is 0.480 e. The lowest BCUT2D eigenvalue weighted by molar-refractivity contribution is -0.139. The van der Waals surface area contributed by atoms with E-state index in [1.54, 1.807) is 0 Å². The number of terminal acetylenes is 1. The van der Waals surface area contributed by atoms with Crippen molar-refractivity contribution in [2.45, 2.75) is 24.7 Å². The van der Waals surface area contributed by atoms with Crippen LogP contribution in [0, 0.1) is 12.3 Å². The van der Waals surface area contributed by atoms with Gasteiger partial charge in [0, 0.05) is 6.42 Å². The third kappa shape index (κ3) is 1.97. The van der Waals surface area contributed by atoms with E-state index in [1.807, 2.05) is 36.4 Å². The van der Waals surface area contributed by atoms with Crippen LogP contribution in [0.4, 0.5) is 0 Å². The summed E-state index contributed by atoms with van der Waals surface area (Å²) < 4.78 is 0. The van der Waals surface area contributed by atoms with E-state index in [4.69, 9.17) is 6.42 Å². The van der Waals surface area contributed by atoms with Gasteiger partial charge < -0.3 is 5.11 Å². The minimum absolute atomic E-state index is 0.696. The molecule has 2 nitrogen and oxygen atoms in total. The number of rotatable bonds is 5. The first-order chi connectivity index (χ1) is 8.21. The van der Waals surface area contributed by atoms with Crippen molar-refractivity contribution in [2.75, 3.05) is 0 Å². The van der Waals surface area contributed by atoms with E-state index >= 15 is 0 Å². The molecule has 2 heteroatoms. The Morgan fingerprint density at radius 1 is 1.35 bits per heavy atom. The SMILES string of the molecule is C#CCCCC1=C[C@@]1(C(=O)O)c1ccccc1. The zero-order chi connectivity index (χ0) is 12.3. The van der Waals surface area contributed by atoms with Crippen LogP contribution in [0.5, 0.6) is 0 Å². The highest BCUT2D eigenvalue weighted by Crippen LogP contribution is 2.49. The standard InChI is InChI=1S/C15H14O2/c1-2-3-5-10-13-11-15(13,14(16)17)12-8-6-4-7-9-12/h1,4,6-9,11H,3,5,10H2,(H,16,17)/t15-/m1/s1. The molecule has 1 aliphatic carbocycles. The molecule has 0 aromatic heterocycles. The highest BCUT2D eigenvalue weighted by Gasteiger charge is 2.51. The molecule has 0 saturated heterocycles. The van der Waals surface area contributed by atoms with Crippen LogP contribution in [0.2, 0.25) is 0 Å². The second-order valence-electron chi connectivity index (χ2n) is 4.21. The quantitative estimate of drug-likeness (QED) is 0.476. The minimum atomic E-state index is -0.851. The monoisotopic (exact) mass is 226 g/mol. The predicted octanol–water partition coefficient (Wildman–Crippen LogP) is 2.75. The molecule has 0 bridgehead atoms. The van der Waals surface area contributed by atoms with Crippen LogP contribution in [-0.4, -0.2) is 11.1 Å². The predicted molar refractivity (Wildman–Crippen MR) is 66.5 cm³/mol. The summed E-state index contributed by atoms with van der Waals surface area (Å²) in [5.74, 6) is 1.78. The van der Waals surface area contributed by atoms with Gasteiger partial charge in [-0.1, -0.05) is 36.4 Å². The van der Waals surface area contributed by atoms with Crippen molar-refractivity contribution in [2.24, 2.45) is 0 Å². The summed E-state index contributed by atoms with van der Waals surface area (Å²) in [6.07, 6.45) is 9.34. The van der Waals surface area contributed by atoms with E-state index < -0.39 is 11.4 Å². The van der Waals surface area contributed by atoms with Gasteiger partial charge in [-0.25, -0.2) is 0 Å². The Bertz CT molecular complexity index is 493. The molecule has 17 heavy (non-hydrogen) atoms. The van der Waals surface area contributed by atoms with Crippen molar-refractivity contribution in [1.29, 1.82) is 0 Å². The van der Waals surface area contributed by atoms with Crippen LogP contribution in [-0.2, 0) is 10.2 Å². The van der Waals surface area contributed by atoms with Gasteiger partial charge in [0.1, 0.15) is 5.41 Å². The molecule has 86 valence electrons. The number of carboxylic acids is 1. The molecule has 0 amide bonds. The maximum absolute atomic E-state index is 11.4. The maximum Gasteiger partial charge on any atom is 0.322 e. The van der Waals surface area contributed by atoms with Crippen molar-refractivity contribution in [3.63, 3.8) is 0 Å². The second kappa shape index (κ2) is 4.47. The van der Waals surface area contributed by atoms with Crippen LogP contribution in [0.15, 0.2) is 42.0 Å². The van der Waals surface area contributed by atoms with Gasteiger partial charge in [-0.2, -0.15) is 0 Å². The third-order valence-electron chi connectivity index (χ3n) is 3.15. The van der Waals surface area contributed by atoms with Crippen molar-refractivity contribution >= 4 is 5.97 Å². The lowest BCUT2D eigenvalue weighted by atomic mass is 9.89. The van der Waals surface area contributed by atoms with Crippen LogP contribution in [0.3, 0.4) is 0 Å². The number of hydrogen-bond acceptors (Lipinski definition) is 1. The Morgan fingerprint density at radius 3 is 2.65 bits per heavy atom. The van der Waals surface area contributed by atoms with Crippen LogP contribution >= 0.6 is 0 Å². The van der Waals surface area contributed by atoms with Gasteiger partial charge >= 0.3 is 5.97 Å². The Hall–Kier alpha value is -2.01. The van der Waals surface area contributed by atoms with Crippen LogP contribution < -0.4 is 0 Å². The third-order valence-corrected chi connectivity index (χ3v) is 3.15. The van der Waals surface area contributed by atoms with Crippen molar-refractivity contribution in [3.8, 4) is 12.3 Å². The summed E-state index contributed by atoms with van der Waals surface area (Å²) in [4.78, 5) is 11.4. The van der Waals surface area contributed by atoms with Gasteiger partial charge in [0.15, 0.2) is 0 Å². The number of hydrogen-bond donors (Lipinski definition) is 1. The topological polar surface area (TPSA) is 37.3 Å². The molecule has 2 rings (SSSR count). The Morgan fingerprint density at radius 2 is 2.06 bits per heavy atom. The number of carbonyl (C=O) groups is 1. The molecule has 1 aliphatic rings. The zero-order valence-electron chi connectivity index (χ0n) is 9.52. The summed E-state index contributed by atoms with van der Waals surface area (Å²) in [6.45, 7) is 0. The maximum atomic E-state index is 11.4. The first-order valence-corrected chi connectivity index (χ1v) is 5.66. The lowest BCUT2D eigenvalue weighted by Crippen LogP contribution is -2.23. The summed E-state index contributed by atoms with van der Waals surface area (Å²) in [7, 11) is 0. The summed E-state index contributed by atoms with van der Waals surface area (Å²) >= 11 is 0. The van der Waals surface area contributed by atoms with Gasteiger partial charge in [-0.05, 0) is 24.0 Å². The van der Waals surface area contributed by atoms with Gasteiger partial charge in [0.25, 0.3) is 0 Å². The molecule has 1 aromatic carbocycles. The van der Waals surface area contributed by atoms with Gasteiger partial charge in [0.2, 0.25) is 0 Å². The molecule has 1 aromatic rings. The Kier molecular flexibility index (Phi) is 3.01. The van der Waals surface area contributed by atoms with E-state index in [1.165, 1.54) is 0 Å². The van der Waals surface area contributed by atoms with Crippen molar-refractivity contribution < 1.29 is 9.90 Å². The highest BCUT2D eigenvalue weighted by molar-refractivity contribution is 5.94. The fraction of sp³-hybridized carbons (Fsp3) is 0.267. The molecule has 0 aliphatic heterocycles. The molecule has 1 N–H and O–H groups in total. The van der Waals surface area contributed by atoms with E-state index in [9.17, 15) is 9.90 Å². The molecular formula is C15H14O2. The summed E-state index contributed by atoms with van der Waals surface area (Å²) in [5, 5.41) is 9.39. The van der Waals surface area contributed by atoms with Crippen molar-refractivity contribution in [3.05, 3.63) is 47.5 Å². The van der Waals surface area contributed by atoms with E-state index in [-0.39, 0.29) is 0 Å². The fourth-order valence-electron chi connectivity index (χ4n) is 2.17. The molecule has 0 spiro atoms. The second-order valence-corrected chi connectivity index (χ2v) is 4.21. The first kappa shape index (κ1) is 11.5. The molecular weight excluding hydrogens is 212 g/mol. The average molecular weight is 226 g/mol. The smallest absolute Gasteiger partial charge is 0.322 e. The minimum Gasteiger partial charge on any atom is -0.480 e. The lowest BCUT2D eigenvalue weighted by Gasteiger charge is -2.13. The summed E-state index contributed by atoms with van der Waals surface area (Å²) in [6, 6.07) is 9.34. The molecule has 0 fully saturated rings. The number of benzene rings is 1. The fourth-order valence-corrected chi connectivity index (χ4v) is 2.17. The number of unbranched alkanes of at least 4 members (excludes halogenated alkanes) is 1. The van der Waals surface area contributed by atoms with E-state index in [2.05, 4.69) is 5.92 Å². The van der Waals surface area contributed by atoms with Crippen LogP contribution in [0.25, 0.3) is 0 Å². The van der Waals surface area contributed by atoms with Gasteiger partial charge in [-0.3, -0.25) is 4.79 Å². The number of aliphatic carboxylic acids is 1. The summed E-state index contributed by atoms with van der Waals surface area (Å²) in [5.41, 5.74) is 0.963. The van der Waals surface area contributed by atoms with Crippen LogP contribution in [0.1, 0.15) is 24.8 Å². The molecule has 0 radical (unpaired) electrons.